The molecule has 0 spiro atoms. The van der Waals surface area contributed by atoms with Gasteiger partial charge >= 0.3 is 0 Å². The molecule has 0 amide bonds. The Labute approximate surface area is 126 Å². The highest BCUT2D eigenvalue weighted by Crippen LogP contribution is 2.33. The number of aromatic nitrogens is 2. The van der Waals surface area contributed by atoms with Gasteiger partial charge in [0.1, 0.15) is 0 Å². The monoisotopic (exact) mass is 284 g/mol. The maximum Gasteiger partial charge on any atom is 0.152 e. The summed E-state index contributed by atoms with van der Waals surface area (Å²) in [7, 11) is 0. The summed E-state index contributed by atoms with van der Waals surface area (Å²) in [4.78, 5) is 0. The second kappa shape index (κ2) is 5.43. The summed E-state index contributed by atoms with van der Waals surface area (Å²) >= 11 is 0. The van der Waals surface area contributed by atoms with E-state index in [9.17, 15) is 0 Å². The van der Waals surface area contributed by atoms with Gasteiger partial charge in [-0.3, -0.25) is 0 Å². The van der Waals surface area contributed by atoms with Gasteiger partial charge in [0.05, 0.1) is 11.4 Å². The van der Waals surface area contributed by atoms with E-state index in [0.29, 0.717) is 0 Å². The molecule has 3 rings (SSSR count). The van der Waals surface area contributed by atoms with Crippen LogP contribution in [0.3, 0.4) is 0 Å². The van der Waals surface area contributed by atoms with Crippen LogP contribution in [0.5, 0.6) is 0 Å². The number of aryl methyl sites for hydroxylation is 2. The van der Waals surface area contributed by atoms with Gasteiger partial charge in [-0.2, -0.15) is 5.10 Å². The molecule has 0 atom stereocenters. The van der Waals surface area contributed by atoms with E-state index >= 15 is 0 Å². The summed E-state index contributed by atoms with van der Waals surface area (Å²) in [5, 5.41) is 8.09. The van der Waals surface area contributed by atoms with Crippen molar-refractivity contribution in [2.24, 2.45) is 0 Å². The second-order valence-electron chi connectivity index (χ2n) is 6.16. The first-order valence-electron chi connectivity index (χ1n) is 7.80. The van der Waals surface area contributed by atoms with Gasteiger partial charge in [0, 0.05) is 11.7 Å². The predicted octanol–water partition coefficient (Wildman–Crippen LogP) is 3.98. The Morgan fingerprint density at radius 2 is 2.00 bits per heavy atom. The largest absolute Gasteiger partial charge is 0.394 e. The molecule has 0 unspecified atom stereocenters. The van der Waals surface area contributed by atoms with Gasteiger partial charge in [0.2, 0.25) is 0 Å². The van der Waals surface area contributed by atoms with Crippen molar-refractivity contribution < 1.29 is 0 Å². The number of benzene rings is 1. The van der Waals surface area contributed by atoms with Crippen LogP contribution in [0, 0.1) is 6.92 Å². The SMILES string of the molecule is Cc1nn(C(C)C)c(Nc2cccc3c2CCCC3)c1N. The topological polar surface area (TPSA) is 55.9 Å². The fourth-order valence-corrected chi connectivity index (χ4v) is 3.08. The molecule has 0 fully saturated rings. The number of nitrogens with two attached hydrogens (primary N) is 1. The standard InChI is InChI=1S/C17H24N4/c1-11(2)21-17(16(18)12(3)20-21)19-15-10-6-8-13-7-4-5-9-14(13)15/h6,8,10-11,19H,4-5,7,9,18H2,1-3H3. The molecule has 0 bridgehead atoms. The molecule has 1 aromatic carbocycles. The van der Waals surface area contributed by atoms with E-state index in [1.807, 2.05) is 11.6 Å². The lowest BCUT2D eigenvalue weighted by Crippen LogP contribution is -2.11. The van der Waals surface area contributed by atoms with E-state index in [1.165, 1.54) is 36.1 Å². The first-order chi connectivity index (χ1) is 10.1. The molecule has 4 nitrogen and oxygen atoms in total. The quantitative estimate of drug-likeness (QED) is 0.896. The maximum absolute atomic E-state index is 6.22. The van der Waals surface area contributed by atoms with Crippen LogP contribution in [0.15, 0.2) is 18.2 Å². The number of nitrogen functional groups attached to an aromatic ring is 1. The predicted molar refractivity (Wildman–Crippen MR) is 88.1 cm³/mol. The molecule has 112 valence electrons. The maximum atomic E-state index is 6.22. The van der Waals surface area contributed by atoms with Crippen LogP contribution in [0.25, 0.3) is 0 Å². The number of rotatable bonds is 3. The van der Waals surface area contributed by atoms with Crippen LogP contribution in [0.2, 0.25) is 0 Å². The molecule has 0 radical (unpaired) electrons. The normalized spacial score (nSPS) is 14.3. The minimum Gasteiger partial charge on any atom is -0.394 e. The van der Waals surface area contributed by atoms with E-state index in [0.717, 1.165) is 23.6 Å². The van der Waals surface area contributed by atoms with E-state index in [2.05, 4.69) is 42.5 Å². The van der Waals surface area contributed by atoms with Gasteiger partial charge in [0.15, 0.2) is 5.82 Å². The van der Waals surface area contributed by atoms with Crippen molar-refractivity contribution in [1.82, 2.24) is 9.78 Å². The molecule has 0 saturated carbocycles. The van der Waals surface area contributed by atoms with E-state index in [-0.39, 0.29) is 6.04 Å². The number of hydrogen-bond acceptors (Lipinski definition) is 3. The van der Waals surface area contributed by atoms with Crippen LogP contribution < -0.4 is 11.1 Å². The highest BCUT2D eigenvalue weighted by atomic mass is 15.4. The Kier molecular flexibility index (Phi) is 3.62. The zero-order valence-corrected chi connectivity index (χ0v) is 13.1. The molecule has 4 heteroatoms. The fraction of sp³-hybridized carbons (Fsp3) is 0.471. The zero-order chi connectivity index (χ0) is 15.0. The first kappa shape index (κ1) is 14.0. The smallest absolute Gasteiger partial charge is 0.152 e. The molecule has 0 aliphatic heterocycles. The summed E-state index contributed by atoms with van der Waals surface area (Å²) in [6.45, 7) is 6.20. The molecular formula is C17H24N4. The van der Waals surface area contributed by atoms with E-state index < -0.39 is 0 Å². The molecule has 2 aromatic rings. The van der Waals surface area contributed by atoms with Gasteiger partial charge in [0.25, 0.3) is 0 Å². The van der Waals surface area contributed by atoms with Crippen molar-refractivity contribution in [3.63, 3.8) is 0 Å². The molecule has 21 heavy (non-hydrogen) atoms. The summed E-state index contributed by atoms with van der Waals surface area (Å²) in [5.41, 5.74) is 11.9. The zero-order valence-electron chi connectivity index (χ0n) is 13.1. The van der Waals surface area contributed by atoms with Gasteiger partial charge in [-0.1, -0.05) is 12.1 Å². The number of anilines is 3. The molecule has 1 aliphatic carbocycles. The average molecular weight is 284 g/mol. The van der Waals surface area contributed by atoms with Crippen LogP contribution >= 0.6 is 0 Å². The highest BCUT2D eigenvalue weighted by molar-refractivity contribution is 5.73. The van der Waals surface area contributed by atoms with Crippen LogP contribution in [0.1, 0.15) is 49.6 Å². The minimum atomic E-state index is 0.281. The fourth-order valence-electron chi connectivity index (χ4n) is 3.08. The molecular weight excluding hydrogens is 260 g/mol. The number of hydrogen-bond donors (Lipinski definition) is 2. The van der Waals surface area contributed by atoms with E-state index in [1.54, 1.807) is 0 Å². The number of fused-ring (bicyclic) bond motifs is 1. The minimum absolute atomic E-state index is 0.281. The highest BCUT2D eigenvalue weighted by Gasteiger charge is 2.18. The molecule has 1 aliphatic rings. The van der Waals surface area contributed by atoms with Crippen molar-refractivity contribution in [2.75, 3.05) is 11.1 Å². The third-order valence-electron chi connectivity index (χ3n) is 4.27. The molecule has 3 N–H and O–H groups in total. The van der Waals surface area contributed by atoms with Crippen molar-refractivity contribution >= 4 is 17.2 Å². The first-order valence-corrected chi connectivity index (χ1v) is 7.80. The summed E-state index contributed by atoms with van der Waals surface area (Å²) in [6.07, 6.45) is 4.89. The van der Waals surface area contributed by atoms with Crippen molar-refractivity contribution in [2.45, 2.75) is 52.5 Å². The average Bonchev–Trinajstić information content (AvgIpc) is 2.76. The Morgan fingerprint density at radius 1 is 1.24 bits per heavy atom. The Balaban J connectivity index is 2.01. The molecule has 0 saturated heterocycles. The summed E-state index contributed by atoms with van der Waals surface area (Å²) in [6, 6.07) is 6.80. The number of nitrogens with zero attached hydrogens (tertiary/aromatic N) is 2. The Morgan fingerprint density at radius 3 is 2.76 bits per heavy atom. The van der Waals surface area contributed by atoms with Gasteiger partial charge in [-0.25, -0.2) is 4.68 Å². The lowest BCUT2D eigenvalue weighted by Gasteiger charge is -2.21. The van der Waals surface area contributed by atoms with Crippen LogP contribution in [-0.4, -0.2) is 9.78 Å². The van der Waals surface area contributed by atoms with Crippen molar-refractivity contribution in [1.29, 1.82) is 0 Å². The summed E-state index contributed by atoms with van der Waals surface area (Å²) < 4.78 is 1.98. The second-order valence-corrected chi connectivity index (χ2v) is 6.16. The Hall–Kier alpha value is -1.97. The summed E-state index contributed by atoms with van der Waals surface area (Å²) in [5.74, 6) is 0.918. The van der Waals surface area contributed by atoms with Gasteiger partial charge < -0.3 is 11.1 Å². The van der Waals surface area contributed by atoms with Gasteiger partial charge in [-0.15, -0.1) is 0 Å². The van der Waals surface area contributed by atoms with Gasteiger partial charge in [-0.05, 0) is 63.6 Å². The lowest BCUT2D eigenvalue weighted by atomic mass is 9.90. The van der Waals surface area contributed by atoms with Crippen LogP contribution in [-0.2, 0) is 12.8 Å². The van der Waals surface area contributed by atoms with Crippen molar-refractivity contribution in [3.8, 4) is 0 Å². The number of nitrogens with one attached hydrogen (secondary N) is 1. The molecule has 1 heterocycles. The lowest BCUT2D eigenvalue weighted by molar-refractivity contribution is 0.536. The van der Waals surface area contributed by atoms with Crippen LogP contribution in [0.4, 0.5) is 17.2 Å². The Bertz CT molecular complexity index is 655. The van der Waals surface area contributed by atoms with Crippen molar-refractivity contribution in [3.05, 3.63) is 35.0 Å². The van der Waals surface area contributed by atoms with E-state index in [4.69, 9.17) is 5.73 Å². The third kappa shape index (κ3) is 2.50. The third-order valence-corrected chi connectivity index (χ3v) is 4.27. The molecule has 1 aromatic heterocycles.